The SMILES string of the molecule is O=C(CCC(F)(F)F)N1CCNCC1. The van der Waals surface area contributed by atoms with Crippen LogP contribution in [0, 0.1) is 0 Å². The molecule has 0 aromatic rings. The van der Waals surface area contributed by atoms with Crippen molar-refractivity contribution in [3.8, 4) is 0 Å². The van der Waals surface area contributed by atoms with Gasteiger partial charge in [-0.1, -0.05) is 0 Å². The Kier molecular flexibility index (Phi) is 3.74. The van der Waals surface area contributed by atoms with Crippen LogP contribution >= 0.6 is 0 Å². The number of amides is 1. The van der Waals surface area contributed by atoms with Gasteiger partial charge in [-0.05, 0) is 0 Å². The maximum atomic E-state index is 11.8. The highest BCUT2D eigenvalue weighted by Gasteiger charge is 2.29. The van der Waals surface area contributed by atoms with Crippen LogP contribution in [-0.4, -0.2) is 43.2 Å². The zero-order valence-corrected chi connectivity index (χ0v) is 7.73. The van der Waals surface area contributed by atoms with Crippen molar-refractivity contribution in [2.45, 2.75) is 19.0 Å². The molecule has 0 spiro atoms. The maximum absolute atomic E-state index is 11.8. The Morgan fingerprint density at radius 1 is 1.29 bits per heavy atom. The molecule has 6 heteroatoms. The Morgan fingerprint density at radius 3 is 2.36 bits per heavy atom. The third kappa shape index (κ3) is 3.95. The Labute approximate surface area is 80.3 Å². The van der Waals surface area contributed by atoms with Gasteiger partial charge in [-0.2, -0.15) is 13.2 Å². The lowest BCUT2D eigenvalue weighted by Gasteiger charge is -2.27. The summed E-state index contributed by atoms with van der Waals surface area (Å²) in [5.74, 6) is -0.399. The highest BCUT2D eigenvalue weighted by atomic mass is 19.4. The number of nitrogens with zero attached hydrogens (tertiary/aromatic N) is 1. The van der Waals surface area contributed by atoms with Crippen LogP contribution in [0.1, 0.15) is 12.8 Å². The minimum Gasteiger partial charge on any atom is -0.340 e. The van der Waals surface area contributed by atoms with Gasteiger partial charge in [-0.25, -0.2) is 0 Å². The van der Waals surface area contributed by atoms with Crippen LogP contribution in [0.3, 0.4) is 0 Å². The van der Waals surface area contributed by atoms with Gasteiger partial charge in [0.2, 0.25) is 5.91 Å². The van der Waals surface area contributed by atoms with E-state index in [2.05, 4.69) is 5.32 Å². The number of hydrogen-bond acceptors (Lipinski definition) is 2. The van der Waals surface area contributed by atoms with Crippen molar-refractivity contribution in [1.29, 1.82) is 0 Å². The lowest BCUT2D eigenvalue weighted by Crippen LogP contribution is -2.46. The Bertz CT molecular complexity index is 199. The first-order valence-electron chi connectivity index (χ1n) is 4.54. The largest absolute Gasteiger partial charge is 0.389 e. The summed E-state index contributed by atoms with van der Waals surface area (Å²) in [6, 6.07) is 0. The molecule has 1 fully saturated rings. The Morgan fingerprint density at radius 2 is 1.86 bits per heavy atom. The van der Waals surface area contributed by atoms with Crippen molar-refractivity contribution in [3.05, 3.63) is 0 Å². The first kappa shape index (κ1) is 11.3. The van der Waals surface area contributed by atoms with Gasteiger partial charge in [-0.15, -0.1) is 0 Å². The highest BCUT2D eigenvalue weighted by molar-refractivity contribution is 5.76. The zero-order chi connectivity index (χ0) is 10.6. The molecule has 1 aliphatic rings. The number of carbonyl (C=O) groups is 1. The molecule has 0 bridgehead atoms. The van der Waals surface area contributed by atoms with Gasteiger partial charge in [-0.3, -0.25) is 4.79 Å². The van der Waals surface area contributed by atoms with Gasteiger partial charge in [0.1, 0.15) is 0 Å². The van der Waals surface area contributed by atoms with Gasteiger partial charge < -0.3 is 10.2 Å². The number of hydrogen-bond donors (Lipinski definition) is 1. The second-order valence-electron chi connectivity index (χ2n) is 3.25. The fourth-order valence-electron chi connectivity index (χ4n) is 1.32. The summed E-state index contributed by atoms with van der Waals surface area (Å²) in [6.07, 6.45) is -5.68. The van der Waals surface area contributed by atoms with E-state index in [9.17, 15) is 18.0 Å². The molecule has 0 saturated carbocycles. The standard InChI is InChI=1S/C8H13F3N2O/c9-8(10,11)2-1-7(14)13-5-3-12-4-6-13/h12H,1-6H2. The summed E-state index contributed by atoms with van der Waals surface area (Å²) in [5, 5.41) is 3.03. The molecule has 0 aromatic heterocycles. The monoisotopic (exact) mass is 210 g/mol. The van der Waals surface area contributed by atoms with E-state index in [1.807, 2.05) is 0 Å². The third-order valence-corrected chi connectivity index (χ3v) is 2.09. The van der Waals surface area contributed by atoms with E-state index in [4.69, 9.17) is 0 Å². The van der Waals surface area contributed by atoms with Crippen LogP contribution in [0.15, 0.2) is 0 Å². The number of nitrogens with one attached hydrogen (secondary N) is 1. The van der Waals surface area contributed by atoms with Crippen LogP contribution in [0.25, 0.3) is 0 Å². The normalized spacial score (nSPS) is 18.4. The highest BCUT2D eigenvalue weighted by Crippen LogP contribution is 2.21. The van der Waals surface area contributed by atoms with E-state index in [-0.39, 0.29) is 0 Å². The van der Waals surface area contributed by atoms with E-state index in [1.165, 1.54) is 4.90 Å². The molecular weight excluding hydrogens is 197 g/mol. The minimum atomic E-state index is -4.23. The first-order chi connectivity index (χ1) is 6.49. The summed E-state index contributed by atoms with van der Waals surface area (Å²) in [6.45, 7) is 2.35. The molecule has 1 rings (SSSR count). The van der Waals surface area contributed by atoms with Gasteiger partial charge in [0.25, 0.3) is 0 Å². The number of rotatable bonds is 2. The van der Waals surface area contributed by atoms with Crippen molar-refractivity contribution in [1.82, 2.24) is 10.2 Å². The molecule has 0 atom stereocenters. The van der Waals surface area contributed by atoms with Crippen LogP contribution < -0.4 is 5.32 Å². The van der Waals surface area contributed by atoms with Crippen molar-refractivity contribution in [3.63, 3.8) is 0 Å². The summed E-state index contributed by atoms with van der Waals surface area (Å²) in [5.41, 5.74) is 0. The molecule has 1 heterocycles. The lowest BCUT2D eigenvalue weighted by molar-refractivity contribution is -0.149. The molecular formula is C8H13F3N2O. The second kappa shape index (κ2) is 4.63. The predicted octanol–water partition coefficient (Wildman–Crippen LogP) is 0.761. The van der Waals surface area contributed by atoms with Gasteiger partial charge in [0.05, 0.1) is 6.42 Å². The molecule has 1 N–H and O–H groups in total. The summed E-state index contributed by atoms with van der Waals surface area (Å²) < 4.78 is 35.4. The molecule has 0 unspecified atom stereocenters. The van der Waals surface area contributed by atoms with Crippen LogP contribution in [0.2, 0.25) is 0 Å². The fourth-order valence-corrected chi connectivity index (χ4v) is 1.32. The molecule has 1 saturated heterocycles. The summed E-state index contributed by atoms with van der Waals surface area (Å²) >= 11 is 0. The van der Waals surface area contributed by atoms with Crippen molar-refractivity contribution in [2.75, 3.05) is 26.2 Å². The van der Waals surface area contributed by atoms with Gasteiger partial charge in [0.15, 0.2) is 0 Å². The average Bonchev–Trinajstić information content (AvgIpc) is 2.14. The van der Waals surface area contributed by atoms with E-state index in [0.29, 0.717) is 26.2 Å². The number of carbonyl (C=O) groups excluding carboxylic acids is 1. The third-order valence-electron chi connectivity index (χ3n) is 2.09. The number of alkyl halides is 3. The second-order valence-corrected chi connectivity index (χ2v) is 3.25. The Balaban J connectivity index is 2.27. The lowest BCUT2D eigenvalue weighted by atomic mass is 10.2. The fraction of sp³-hybridized carbons (Fsp3) is 0.875. The zero-order valence-electron chi connectivity index (χ0n) is 7.73. The van der Waals surface area contributed by atoms with Crippen LogP contribution in [0.5, 0.6) is 0 Å². The van der Waals surface area contributed by atoms with E-state index in [1.54, 1.807) is 0 Å². The van der Waals surface area contributed by atoms with E-state index >= 15 is 0 Å². The molecule has 1 aliphatic heterocycles. The quantitative estimate of drug-likeness (QED) is 0.729. The number of piperazine rings is 1. The molecule has 0 aromatic carbocycles. The molecule has 0 radical (unpaired) electrons. The number of halogens is 3. The topological polar surface area (TPSA) is 32.3 Å². The first-order valence-corrected chi connectivity index (χ1v) is 4.54. The smallest absolute Gasteiger partial charge is 0.340 e. The van der Waals surface area contributed by atoms with E-state index < -0.39 is 24.9 Å². The van der Waals surface area contributed by atoms with Crippen molar-refractivity contribution < 1.29 is 18.0 Å². The van der Waals surface area contributed by atoms with Crippen LogP contribution in [-0.2, 0) is 4.79 Å². The molecule has 1 amide bonds. The summed E-state index contributed by atoms with van der Waals surface area (Å²) in [7, 11) is 0. The average molecular weight is 210 g/mol. The predicted molar refractivity (Wildman–Crippen MR) is 44.7 cm³/mol. The molecule has 3 nitrogen and oxygen atoms in total. The maximum Gasteiger partial charge on any atom is 0.389 e. The van der Waals surface area contributed by atoms with E-state index in [0.717, 1.165) is 0 Å². The van der Waals surface area contributed by atoms with Crippen molar-refractivity contribution in [2.24, 2.45) is 0 Å². The summed E-state index contributed by atoms with van der Waals surface area (Å²) in [4.78, 5) is 12.7. The molecule has 0 aliphatic carbocycles. The van der Waals surface area contributed by atoms with Crippen LogP contribution in [0.4, 0.5) is 13.2 Å². The van der Waals surface area contributed by atoms with Gasteiger partial charge in [0, 0.05) is 32.6 Å². The van der Waals surface area contributed by atoms with Gasteiger partial charge >= 0.3 is 6.18 Å². The molecule has 82 valence electrons. The minimum absolute atomic E-state index is 0.399. The van der Waals surface area contributed by atoms with Crippen molar-refractivity contribution >= 4 is 5.91 Å². The molecule has 14 heavy (non-hydrogen) atoms. The Hall–Kier alpha value is -0.780.